The first-order chi connectivity index (χ1) is 27.2. The summed E-state index contributed by atoms with van der Waals surface area (Å²) < 4.78 is 91.8. The molecular formula is C47H27F6N3. The van der Waals surface area contributed by atoms with Gasteiger partial charge in [-0.2, -0.15) is 0 Å². The first-order valence-electron chi connectivity index (χ1n) is 17.8. The Morgan fingerprint density at radius 3 is 1.54 bits per heavy atom. The van der Waals surface area contributed by atoms with Gasteiger partial charge < -0.3 is 14.0 Å². The van der Waals surface area contributed by atoms with Crippen LogP contribution in [-0.4, -0.2) is 9.13 Å². The van der Waals surface area contributed by atoms with E-state index in [0.717, 1.165) is 55.0 Å². The van der Waals surface area contributed by atoms with Crippen molar-refractivity contribution in [1.29, 1.82) is 0 Å². The van der Waals surface area contributed by atoms with Crippen LogP contribution < -0.4 is 4.90 Å². The maximum Gasteiger partial charge on any atom is 0.153 e. The van der Waals surface area contributed by atoms with E-state index in [-0.39, 0.29) is 17.8 Å². The van der Waals surface area contributed by atoms with Gasteiger partial charge >= 0.3 is 0 Å². The number of para-hydroxylation sites is 2. The number of hydrogen-bond acceptors (Lipinski definition) is 1. The van der Waals surface area contributed by atoms with Crippen LogP contribution in [0.4, 0.5) is 43.4 Å². The fourth-order valence-corrected chi connectivity index (χ4v) is 8.08. The topological polar surface area (TPSA) is 13.1 Å². The molecule has 0 N–H and O–H groups in total. The SMILES string of the molecule is Fc1cc(F)c(Cn2c3ccccc3c3cc(N(c4ccc5ccccc5c4)c4ccc5c(c4)c4ccccc4n5-c4c(F)cc(F)cc4F)ccc32)c(F)c1. The Labute approximate surface area is 315 Å². The van der Waals surface area contributed by atoms with Crippen molar-refractivity contribution < 1.29 is 26.3 Å². The number of aromatic nitrogens is 2. The van der Waals surface area contributed by atoms with Gasteiger partial charge in [-0.05, 0) is 71.4 Å². The zero-order valence-electron chi connectivity index (χ0n) is 29.3. The van der Waals surface area contributed by atoms with Crippen LogP contribution in [0.1, 0.15) is 5.56 Å². The molecule has 0 spiro atoms. The van der Waals surface area contributed by atoms with E-state index in [0.29, 0.717) is 40.7 Å². The minimum absolute atomic E-state index is 0.161. The highest BCUT2D eigenvalue weighted by atomic mass is 19.2. The van der Waals surface area contributed by atoms with Gasteiger partial charge in [-0.15, -0.1) is 0 Å². The van der Waals surface area contributed by atoms with Crippen LogP contribution in [0.15, 0.2) is 152 Å². The Morgan fingerprint density at radius 1 is 0.393 bits per heavy atom. The molecule has 0 saturated heterocycles. The van der Waals surface area contributed by atoms with E-state index < -0.39 is 34.9 Å². The summed E-state index contributed by atoms with van der Waals surface area (Å²) in [5.74, 6) is -5.97. The van der Waals surface area contributed by atoms with Gasteiger partial charge in [0.05, 0.1) is 17.6 Å². The summed E-state index contributed by atoms with van der Waals surface area (Å²) in [6, 6.07) is 43.3. The molecular weight excluding hydrogens is 721 g/mol. The number of nitrogens with zero attached hydrogens (tertiary/aromatic N) is 3. The summed E-state index contributed by atoms with van der Waals surface area (Å²) in [4.78, 5) is 2.09. The van der Waals surface area contributed by atoms with E-state index in [9.17, 15) is 17.6 Å². The summed E-state index contributed by atoms with van der Waals surface area (Å²) >= 11 is 0. The third-order valence-corrected chi connectivity index (χ3v) is 10.5. The lowest BCUT2D eigenvalue weighted by molar-refractivity contribution is 0.519. The summed E-state index contributed by atoms with van der Waals surface area (Å²) in [6.45, 7) is -0.161. The number of hydrogen-bond donors (Lipinski definition) is 0. The van der Waals surface area contributed by atoms with E-state index in [2.05, 4.69) is 11.0 Å². The van der Waals surface area contributed by atoms with Gasteiger partial charge in [0.2, 0.25) is 0 Å². The quantitative estimate of drug-likeness (QED) is 0.154. The smallest absolute Gasteiger partial charge is 0.153 e. The first kappa shape index (κ1) is 33.6. The van der Waals surface area contributed by atoms with Crippen LogP contribution in [0.2, 0.25) is 0 Å². The summed E-state index contributed by atoms with van der Waals surface area (Å²) in [6.07, 6.45) is 0. The van der Waals surface area contributed by atoms with Gasteiger partial charge in [0.15, 0.2) is 11.6 Å². The third-order valence-electron chi connectivity index (χ3n) is 10.5. The highest BCUT2D eigenvalue weighted by molar-refractivity contribution is 6.12. The second-order valence-electron chi connectivity index (χ2n) is 13.8. The molecule has 272 valence electrons. The number of halogens is 6. The third kappa shape index (κ3) is 5.30. The zero-order chi connectivity index (χ0) is 38.2. The molecule has 8 aromatic carbocycles. The predicted molar refractivity (Wildman–Crippen MR) is 211 cm³/mol. The number of benzene rings is 8. The van der Waals surface area contributed by atoms with Crippen LogP contribution in [-0.2, 0) is 6.54 Å². The summed E-state index contributed by atoms with van der Waals surface area (Å²) in [5, 5.41) is 5.20. The number of rotatable bonds is 6. The lowest BCUT2D eigenvalue weighted by Crippen LogP contribution is -2.10. The molecule has 0 unspecified atom stereocenters. The Balaban J connectivity index is 1.20. The van der Waals surface area contributed by atoms with E-state index >= 15 is 8.78 Å². The average molecular weight is 748 g/mol. The van der Waals surface area contributed by atoms with E-state index in [1.807, 2.05) is 108 Å². The van der Waals surface area contributed by atoms with Gasteiger partial charge in [0.25, 0.3) is 0 Å². The molecule has 0 aliphatic heterocycles. The van der Waals surface area contributed by atoms with Crippen molar-refractivity contribution in [1.82, 2.24) is 9.13 Å². The monoisotopic (exact) mass is 747 g/mol. The maximum absolute atomic E-state index is 15.4. The zero-order valence-corrected chi connectivity index (χ0v) is 29.3. The molecule has 0 saturated carbocycles. The summed E-state index contributed by atoms with van der Waals surface area (Å²) in [7, 11) is 0. The summed E-state index contributed by atoms with van der Waals surface area (Å²) in [5.41, 5.74) is 4.26. The normalized spacial score (nSPS) is 11.8. The molecule has 0 aliphatic rings. The lowest BCUT2D eigenvalue weighted by Gasteiger charge is -2.26. The Hall–Kier alpha value is -7.00. The Kier molecular flexibility index (Phi) is 7.67. The van der Waals surface area contributed by atoms with Crippen LogP contribution in [0.3, 0.4) is 0 Å². The van der Waals surface area contributed by atoms with Crippen LogP contribution in [0, 0.1) is 34.9 Å². The fraction of sp³-hybridized carbons (Fsp3) is 0.0213. The molecule has 9 heteroatoms. The lowest BCUT2D eigenvalue weighted by atomic mass is 10.1. The average Bonchev–Trinajstić information content (AvgIpc) is 3.68. The highest BCUT2D eigenvalue weighted by Crippen LogP contribution is 2.43. The molecule has 56 heavy (non-hydrogen) atoms. The number of anilines is 3. The van der Waals surface area contributed by atoms with Crippen molar-refractivity contribution in [2.24, 2.45) is 0 Å². The molecule has 10 rings (SSSR count). The second-order valence-corrected chi connectivity index (χ2v) is 13.8. The molecule has 10 aromatic rings. The van der Waals surface area contributed by atoms with Crippen molar-refractivity contribution in [2.45, 2.75) is 6.54 Å². The van der Waals surface area contributed by atoms with Crippen LogP contribution >= 0.6 is 0 Å². The van der Waals surface area contributed by atoms with Gasteiger partial charge in [-0.1, -0.05) is 66.7 Å². The van der Waals surface area contributed by atoms with E-state index in [1.54, 1.807) is 18.2 Å². The van der Waals surface area contributed by atoms with Crippen molar-refractivity contribution in [3.63, 3.8) is 0 Å². The first-order valence-corrected chi connectivity index (χ1v) is 17.8. The molecule has 0 atom stereocenters. The minimum Gasteiger partial charge on any atom is -0.336 e. The molecule has 2 aromatic heterocycles. The van der Waals surface area contributed by atoms with E-state index in [1.165, 1.54) is 4.57 Å². The standard InChI is InChI=1S/C47H27F6N3/c48-29-20-39(50)38(40(51)21-29)26-54-43-11-5-3-9-34(43)36-24-32(15-17-44(36)54)55(31-14-13-27-7-1-2-8-28(27)19-31)33-16-18-46-37(25-33)35-10-4-6-12-45(35)56(46)47-41(52)22-30(49)23-42(47)53/h1-25H,26H2. The molecule has 0 bridgehead atoms. The van der Waals surface area contributed by atoms with Gasteiger partial charge in [-0.3, -0.25) is 0 Å². The van der Waals surface area contributed by atoms with Gasteiger partial charge in [0, 0.05) is 79.5 Å². The molecule has 2 heterocycles. The number of fused-ring (bicyclic) bond motifs is 7. The van der Waals surface area contributed by atoms with Gasteiger partial charge in [-0.25, -0.2) is 26.3 Å². The van der Waals surface area contributed by atoms with E-state index in [4.69, 9.17) is 0 Å². The largest absolute Gasteiger partial charge is 0.336 e. The van der Waals surface area contributed by atoms with Crippen LogP contribution in [0.25, 0.3) is 60.1 Å². The predicted octanol–water partition coefficient (Wildman–Crippen LogP) is 13.4. The Morgan fingerprint density at radius 2 is 0.857 bits per heavy atom. The highest BCUT2D eigenvalue weighted by Gasteiger charge is 2.23. The molecule has 0 fully saturated rings. The molecule has 0 radical (unpaired) electrons. The second kappa shape index (κ2) is 12.8. The minimum atomic E-state index is -1.02. The van der Waals surface area contributed by atoms with Crippen molar-refractivity contribution in [3.8, 4) is 5.69 Å². The molecule has 3 nitrogen and oxygen atoms in total. The van der Waals surface area contributed by atoms with Crippen molar-refractivity contribution in [2.75, 3.05) is 4.90 Å². The van der Waals surface area contributed by atoms with Crippen molar-refractivity contribution in [3.05, 3.63) is 192 Å². The Bertz CT molecular complexity index is 3170. The van der Waals surface area contributed by atoms with Crippen molar-refractivity contribution >= 4 is 71.4 Å². The fourth-order valence-electron chi connectivity index (χ4n) is 8.08. The maximum atomic E-state index is 15.4. The molecule has 0 amide bonds. The molecule has 0 aliphatic carbocycles. The van der Waals surface area contributed by atoms with Crippen LogP contribution in [0.5, 0.6) is 0 Å². The van der Waals surface area contributed by atoms with Gasteiger partial charge in [0.1, 0.15) is 29.0 Å².